The lowest BCUT2D eigenvalue weighted by molar-refractivity contribution is 0.0983. The largest absolute Gasteiger partial charge is 0.507 e. The number of benzene rings is 3. The van der Waals surface area contributed by atoms with E-state index in [-0.39, 0.29) is 61.4 Å². The fourth-order valence-corrected chi connectivity index (χ4v) is 4.28. The number of carbonyl (C=O) groups is 3. The topological polar surface area (TPSA) is 130 Å². The molecular weight excluding hydrogens is 428 g/mol. The van der Waals surface area contributed by atoms with Crippen molar-refractivity contribution in [3.05, 3.63) is 52.6 Å². The van der Waals surface area contributed by atoms with Gasteiger partial charge in [0.25, 0.3) is 0 Å². The monoisotopic (exact) mass is 448 g/mol. The zero-order chi connectivity index (χ0) is 24.2. The minimum absolute atomic E-state index is 0.0407. The number of carbonyl (C=O) groups excluding carboxylic acids is 3. The average molecular weight is 448 g/mol. The van der Waals surface area contributed by atoms with E-state index >= 15 is 0 Å². The average Bonchev–Trinajstić information content (AvgIpc) is 2.76. The molecule has 0 aliphatic heterocycles. The molecule has 0 bridgehead atoms. The molecule has 0 atom stereocenters. The van der Waals surface area contributed by atoms with E-state index in [0.29, 0.717) is 0 Å². The fourth-order valence-electron chi connectivity index (χ4n) is 4.28. The summed E-state index contributed by atoms with van der Waals surface area (Å²) in [5.41, 5.74) is -0.498. The Bertz CT molecular complexity index is 1430. The molecule has 0 saturated carbocycles. The van der Waals surface area contributed by atoms with Crippen LogP contribution in [0.5, 0.6) is 28.7 Å². The molecule has 0 radical (unpaired) electrons. The third-order valence-electron chi connectivity index (χ3n) is 5.74. The SMILES string of the molecule is COc1cc(OC)c(-c2c3c(c(O)c4c(O)cccc24)C(=O)C=C(C)C3=O)c(O)c1C(C)=O. The maximum Gasteiger partial charge on any atom is 0.190 e. The van der Waals surface area contributed by atoms with Gasteiger partial charge in [-0.1, -0.05) is 12.1 Å². The number of methoxy groups -OCH3 is 2. The van der Waals surface area contributed by atoms with Crippen LogP contribution in [0.3, 0.4) is 0 Å². The molecule has 8 heteroatoms. The zero-order valence-electron chi connectivity index (χ0n) is 18.3. The fraction of sp³-hybridized carbons (Fsp3) is 0.160. The van der Waals surface area contributed by atoms with Gasteiger partial charge in [-0.25, -0.2) is 0 Å². The summed E-state index contributed by atoms with van der Waals surface area (Å²) in [5, 5.41) is 32.8. The molecule has 1 aliphatic rings. The van der Waals surface area contributed by atoms with Gasteiger partial charge in [-0.05, 0) is 31.4 Å². The standard InChI is InChI=1S/C25H20O8/c1-10-8-14(28)20-22(23(10)29)19(12-6-5-7-13(27)18(12)25(20)31)21-16(33-4)9-15(32-3)17(11(2)26)24(21)30/h5-9,27,30-31H,1-4H3. The molecule has 8 nitrogen and oxygen atoms in total. The Kier molecular flexibility index (Phi) is 5.08. The molecule has 33 heavy (non-hydrogen) atoms. The van der Waals surface area contributed by atoms with Crippen LogP contribution in [0.2, 0.25) is 0 Å². The second kappa shape index (κ2) is 7.67. The Balaban J connectivity index is 2.33. The van der Waals surface area contributed by atoms with Crippen LogP contribution in [0.4, 0.5) is 0 Å². The number of hydrogen-bond acceptors (Lipinski definition) is 8. The number of ketones is 3. The third kappa shape index (κ3) is 3.02. The number of ether oxygens (including phenoxy) is 2. The minimum atomic E-state index is -0.634. The molecule has 0 heterocycles. The van der Waals surface area contributed by atoms with Crippen LogP contribution in [0.1, 0.15) is 44.9 Å². The molecule has 0 aromatic heterocycles. The van der Waals surface area contributed by atoms with Crippen molar-refractivity contribution in [2.75, 3.05) is 14.2 Å². The van der Waals surface area contributed by atoms with Crippen molar-refractivity contribution in [2.24, 2.45) is 0 Å². The first-order chi connectivity index (χ1) is 15.6. The van der Waals surface area contributed by atoms with Crippen molar-refractivity contribution in [3.63, 3.8) is 0 Å². The quantitative estimate of drug-likeness (QED) is 0.507. The summed E-state index contributed by atoms with van der Waals surface area (Å²) in [6, 6.07) is 5.72. The molecule has 3 N–H and O–H groups in total. The molecule has 3 aromatic rings. The smallest absolute Gasteiger partial charge is 0.190 e. The Morgan fingerprint density at radius 2 is 1.55 bits per heavy atom. The summed E-state index contributed by atoms with van der Waals surface area (Å²) in [6.45, 7) is 2.70. The molecule has 0 amide bonds. The van der Waals surface area contributed by atoms with Crippen LogP contribution >= 0.6 is 0 Å². The van der Waals surface area contributed by atoms with Crippen molar-refractivity contribution < 1.29 is 39.2 Å². The molecule has 168 valence electrons. The highest BCUT2D eigenvalue weighted by molar-refractivity contribution is 6.32. The molecule has 0 fully saturated rings. The van der Waals surface area contributed by atoms with Crippen LogP contribution in [0.25, 0.3) is 21.9 Å². The number of aromatic hydroxyl groups is 3. The van der Waals surface area contributed by atoms with E-state index in [1.807, 2.05) is 0 Å². The first kappa shape index (κ1) is 21.9. The highest BCUT2D eigenvalue weighted by atomic mass is 16.5. The van der Waals surface area contributed by atoms with Gasteiger partial charge in [-0.2, -0.15) is 0 Å². The van der Waals surface area contributed by atoms with Gasteiger partial charge < -0.3 is 24.8 Å². The summed E-state index contributed by atoms with van der Waals surface area (Å²) in [4.78, 5) is 38.5. The van der Waals surface area contributed by atoms with E-state index in [2.05, 4.69) is 0 Å². The lowest BCUT2D eigenvalue weighted by Gasteiger charge is -2.24. The predicted octanol–water partition coefficient (Wildman–Crippen LogP) is 4.17. The van der Waals surface area contributed by atoms with Gasteiger partial charge >= 0.3 is 0 Å². The molecule has 4 rings (SSSR count). The second-order valence-electron chi connectivity index (χ2n) is 7.63. The van der Waals surface area contributed by atoms with Crippen LogP contribution in [0, 0.1) is 0 Å². The maximum atomic E-state index is 13.3. The van der Waals surface area contributed by atoms with Crippen molar-refractivity contribution >= 4 is 28.1 Å². The minimum Gasteiger partial charge on any atom is -0.507 e. The van der Waals surface area contributed by atoms with E-state index in [1.165, 1.54) is 52.3 Å². The van der Waals surface area contributed by atoms with Gasteiger partial charge in [-0.15, -0.1) is 0 Å². The highest BCUT2D eigenvalue weighted by Gasteiger charge is 2.36. The Hall–Kier alpha value is -4.33. The zero-order valence-corrected chi connectivity index (χ0v) is 18.3. The Morgan fingerprint density at radius 3 is 2.15 bits per heavy atom. The van der Waals surface area contributed by atoms with Crippen molar-refractivity contribution in [1.29, 1.82) is 0 Å². The highest BCUT2D eigenvalue weighted by Crippen LogP contribution is 2.52. The number of hydrogen-bond donors (Lipinski definition) is 3. The summed E-state index contributed by atoms with van der Waals surface area (Å²) >= 11 is 0. The van der Waals surface area contributed by atoms with Crippen LogP contribution in [-0.2, 0) is 0 Å². The van der Waals surface area contributed by atoms with E-state index in [9.17, 15) is 29.7 Å². The number of phenols is 3. The number of Topliss-reactive ketones (excluding diaryl/α,β-unsaturated/α-hetero) is 2. The predicted molar refractivity (Wildman–Crippen MR) is 120 cm³/mol. The number of rotatable bonds is 4. The van der Waals surface area contributed by atoms with Gasteiger partial charge in [-0.3, -0.25) is 14.4 Å². The normalized spacial score (nSPS) is 13.0. The van der Waals surface area contributed by atoms with E-state index in [0.717, 1.165) is 6.08 Å². The molecule has 1 aliphatic carbocycles. The van der Waals surface area contributed by atoms with Gasteiger partial charge in [0.15, 0.2) is 17.3 Å². The van der Waals surface area contributed by atoms with Crippen LogP contribution in [-0.4, -0.2) is 46.9 Å². The number of phenolic OH excluding ortho intramolecular Hbond substituents is 3. The molecule has 0 unspecified atom stereocenters. The van der Waals surface area contributed by atoms with Crippen LogP contribution < -0.4 is 9.47 Å². The first-order valence-corrected chi connectivity index (χ1v) is 9.91. The summed E-state index contributed by atoms with van der Waals surface area (Å²) in [5.74, 6) is -3.00. The lowest BCUT2D eigenvalue weighted by atomic mass is 9.80. The molecule has 0 saturated heterocycles. The Labute approximate surface area is 188 Å². The summed E-state index contributed by atoms with van der Waals surface area (Å²) in [6.07, 6.45) is 1.10. The number of fused-ring (bicyclic) bond motifs is 2. The van der Waals surface area contributed by atoms with E-state index in [4.69, 9.17) is 9.47 Å². The van der Waals surface area contributed by atoms with Crippen LogP contribution in [0.15, 0.2) is 35.9 Å². The second-order valence-corrected chi connectivity index (χ2v) is 7.63. The Morgan fingerprint density at radius 1 is 0.879 bits per heavy atom. The third-order valence-corrected chi connectivity index (χ3v) is 5.74. The van der Waals surface area contributed by atoms with Crippen molar-refractivity contribution in [2.45, 2.75) is 13.8 Å². The van der Waals surface area contributed by atoms with Crippen molar-refractivity contribution in [1.82, 2.24) is 0 Å². The molecule has 3 aromatic carbocycles. The van der Waals surface area contributed by atoms with Gasteiger partial charge in [0.2, 0.25) is 0 Å². The molecular formula is C25H20O8. The maximum absolute atomic E-state index is 13.3. The van der Waals surface area contributed by atoms with Gasteiger partial charge in [0.05, 0.1) is 30.7 Å². The van der Waals surface area contributed by atoms with E-state index < -0.39 is 28.8 Å². The van der Waals surface area contributed by atoms with Crippen molar-refractivity contribution in [3.8, 4) is 39.9 Å². The first-order valence-electron chi connectivity index (χ1n) is 9.91. The van der Waals surface area contributed by atoms with Gasteiger partial charge in [0.1, 0.15) is 34.3 Å². The summed E-state index contributed by atoms with van der Waals surface area (Å²) < 4.78 is 10.7. The van der Waals surface area contributed by atoms with E-state index in [1.54, 1.807) is 0 Å². The lowest BCUT2D eigenvalue weighted by Crippen LogP contribution is -2.18. The van der Waals surface area contributed by atoms with Gasteiger partial charge in [0, 0.05) is 22.8 Å². The summed E-state index contributed by atoms with van der Waals surface area (Å²) in [7, 11) is 2.66. The number of allylic oxidation sites excluding steroid dienone is 2. The molecule has 0 spiro atoms.